The zero-order valence-corrected chi connectivity index (χ0v) is 19.4. The minimum Gasteiger partial charge on any atom is -0.437 e. The van der Waals surface area contributed by atoms with Crippen molar-refractivity contribution in [3.63, 3.8) is 0 Å². The van der Waals surface area contributed by atoms with E-state index < -0.39 is 0 Å². The van der Waals surface area contributed by atoms with Gasteiger partial charge in [0.15, 0.2) is 0 Å². The monoisotopic (exact) mass is 459 g/mol. The minimum atomic E-state index is 0.0203. The summed E-state index contributed by atoms with van der Waals surface area (Å²) in [6, 6.07) is 11.6. The summed E-state index contributed by atoms with van der Waals surface area (Å²) < 4.78 is 11.6. The molecule has 2 aliphatic heterocycles. The summed E-state index contributed by atoms with van der Waals surface area (Å²) >= 11 is 0. The highest BCUT2D eigenvalue weighted by atomic mass is 16.5. The Hall–Kier alpha value is -3.52. The number of benzene rings is 1. The highest BCUT2D eigenvalue weighted by Gasteiger charge is 2.29. The Kier molecular flexibility index (Phi) is 6.67. The van der Waals surface area contributed by atoms with Gasteiger partial charge in [0.25, 0.3) is 5.91 Å². The van der Waals surface area contributed by atoms with Crippen LogP contribution in [0.3, 0.4) is 0 Å². The van der Waals surface area contributed by atoms with E-state index in [2.05, 4.69) is 19.9 Å². The van der Waals surface area contributed by atoms with Gasteiger partial charge in [-0.15, -0.1) is 0 Å². The van der Waals surface area contributed by atoms with Gasteiger partial charge >= 0.3 is 0 Å². The second-order valence-corrected chi connectivity index (χ2v) is 8.71. The van der Waals surface area contributed by atoms with Crippen LogP contribution >= 0.6 is 0 Å². The van der Waals surface area contributed by atoms with Gasteiger partial charge in [-0.2, -0.15) is 0 Å². The number of carbonyl (C=O) groups excluding carboxylic acids is 1. The molecule has 1 amide bonds. The van der Waals surface area contributed by atoms with Crippen molar-refractivity contribution in [2.75, 3.05) is 44.3 Å². The number of aromatic nitrogens is 3. The number of aryl methyl sites for hydroxylation is 1. The molecule has 0 unspecified atom stereocenters. The van der Waals surface area contributed by atoms with Crippen LogP contribution in [0.1, 0.15) is 40.4 Å². The molecule has 2 aromatic heterocycles. The van der Waals surface area contributed by atoms with Crippen LogP contribution in [0.5, 0.6) is 11.6 Å². The number of ether oxygens (including phenoxy) is 2. The number of pyridine rings is 1. The third-order valence-corrected chi connectivity index (χ3v) is 6.41. The SMILES string of the molecule is Cc1ccccc1Oc1nccnc1[C@@H]1CCCN(C(=O)c2ccnc(N3CCOCC3)c2)C1. The average molecular weight is 460 g/mol. The Morgan fingerprint density at radius 1 is 1.03 bits per heavy atom. The molecule has 0 aliphatic carbocycles. The average Bonchev–Trinajstić information content (AvgIpc) is 2.90. The molecule has 0 bridgehead atoms. The standard InChI is InChI=1S/C26H29N5O3/c1-19-5-2-3-7-22(19)34-25-24(28-10-11-29-25)21-6-4-12-31(18-21)26(32)20-8-9-27-23(17-20)30-13-15-33-16-14-30/h2-3,5,7-11,17,21H,4,6,12-16,18H2,1H3/t21-/m1/s1. The normalized spacial score (nSPS) is 18.6. The van der Waals surface area contributed by atoms with Crippen LogP contribution in [0, 0.1) is 6.92 Å². The van der Waals surface area contributed by atoms with Crippen molar-refractivity contribution < 1.29 is 14.3 Å². The van der Waals surface area contributed by atoms with E-state index in [4.69, 9.17) is 9.47 Å². The number of para-hydroxylation sites is 1. The Labute approximate surface area is 199 Å². The summed E-state index contributed by atoms with van der Waals surface area (Å²) in [6.07, 6.45) is 6.89. The molecule has 2 fully saturated rings. The molecule has 8 nitrogen and oxygen atoms in total. The molecule has 0 saturated carbocycles. The topological polar surface area (TPSA) is 80.7 Å². The van der Waals surface area contributed by atoms with Gasteiger partial charge in [-0.1, -0.05) is 18.2 Å². The third kappa shape index (κ3) is 4.87. The van der Waals surface area contributed by atoms with Crippen molar-refractivity contribution in [2.45, 2.75) is 25.7 Å². The molecule has 176 valence electrons. The first-order valence-corrected chi connectivity index (χ1v) is 11.8. The summed E-state index contributed by atoms with van der Waals surface area (Å²) in [4.78, 5) is 31.1. The number of hydrogen-bond acceptors (Lipinski definition) is 7. The lowest BCUT2D eigenvalue weighted by Gasteiger charge is -2.33. The Morgan fingerprint density at radius 3 is 2.71 bits per heavy atom. The molecule has 34 heavy (non-hydrogen) atoms. The molecule has 5 rings (SSSR count). The van der Waals surface area contributed by atoms with Crippen molar-refractivity contribution in [1.82, 2.24) is 19.9 Å². The fourth-order valence-electron chi connectivity index (χ4n) is 4.55. The number of amides is 1. The van der Waals surface area contributed by atoms with Crippen molar-refractivity contribution in [3.8, 4) is 11.6 Å². The number of morpholine rings is 1. The summed E-state index contributed by atoms with van der Waals surface area (Å²) in [5.41, 5.74) is 2.49. The van der Waals surface area contributed by atoms with Crippen LogP contribution in [0.25, 0.3) is 0 Å². The molecule has 2 aliphatic rings. The number of piperidine rings is 1. The lowest BCUT2D eigenvalue weighted by molar-refractivity contribution is 0.0704. The molecule has 0 radical (unpaired) electrons. The lowest BCUT2D eigenvalue weighted by atomic mass is 9.94. The molecule has 8 heteroatoms. The van der Waals surface area contributed by atoms with Gasteiger partial charge in [0.1, 0.15) is 17.3 Å². The maximum absolute atomic E-state index is 13.4. The summed E-state index contributed by atoms with van der Waals surface area (Å²) in [5.74, 6) is 2.18. The molecular formula is C26H29N5O3. The number of nitrogens with zero attached hydrogens (tertiary/aromatic N) is 5. The van der Waals surface area contributed by atoms with Crippen LogP contribution in [-0.4, -0.2) is 65.2 Å². The smallest absolute Gasteiger partial charge is 0.254 e. The second-order valence-electron chi connectivity index (χ2n) is 8.71. The van der Waals surface area contributed by atoms with Crippen LogP contribution < -0.4 is 9.64 Å². The number of likely N-dealkylation sites (tertiary alicyclic amines) is 1. The fourth-order valence-corrected chi connectivity index (χ4v) is 4.55. The van der Waals surface area contributed by atoms with Gasteiger partial charge in [-0.05, 0) is 43.5 Å². The van der Waals surface area contributed by atoms with E-state index in [1.54, 1.807) is 24.7 Å². The predicted molar refractivity (Wildman–Crippen MR) is 128 cm³/mol. The largest absolute Gasteiger partial charge is 0.437 e. The molecule has 0 spiro atoms. The Balaban J connectivity index is 1.33. The van der Waals surface area contributed by atoms with Gasteiger partial charge < -0.3 is 19.3 Å². The zero-order valence-electron chi connectivity index (χ0n) is 19.4. The first-order valence-electron chi connectivity index (χ1n) is 11.8. The van der Waals surface area contributed by atoms with Crippen molar-refractivity contribution in [3.05, 3.63) is 71.8 Å². The fraction of sp³-hybridized carbons (Fsp3) is 0.385. The van der Waals surface area contributed by atoms with E-state index in [0.29, 0.717) is 31.2 Å². The molecule has 0 N–H and O–H groups in total. The first-order chi connectivity index (χ1) is 16.7. The van der Waals surface area contributed by atoms with Gasteiger partial charge in [0, 0.05) is 56.3 Å². The minimum absolute atomic E-state index is 0.0203. The predicted octanol–water partition coefficient (Wildman–Crippen LogP) is 3.83. The van der Waals surface area contributed by atoms with Gasteiger partial charge in [-0.25, -0.2) is 9.97 Å². The van der Waals surface area contributed by atoms with E-state index in [1.807, 2.05) is 42.2 Å². The number of anilines is 1. The van der Waals surface area contributed by atoms with Gasteiger partial charge in [-0.3, -0.25) is 9.78 Å². The first kappa shape index (κ1) is 22.3. The van der Waals surface area contributed by atoms with Crippen LogP contribution in [-0.2, 0) is 4.74 Å². The zero-order chi connectivity index (χ0) is 23.3. The summed E-state index contributed by atoms with van der Waals surface area (Å²) in [5, 5.41) is 0. The quantitative estimate of drug-likeness (QED) is 0.574. The highest BCUT2D eigenvalue weighted by Crippen LogP contribution is 2.34. The lowest BCUT2D eigenvalue weighted by Crippen LogP contribution is -2.40. The molecular weight excluding hydrogens is 430 g/mol. The molecule has 2 saturated heterocycles. The summed E-state index contributed by atoms with van der Waals surface area (Å²) in [6.45, 7) is 6.23. The van der Waals surface area contributed by atoms with Crippen LogP contribution in [0.2, 0.25) is 0 Å². The van der Waals surface area contributed by atoms with E-state index in [1.165, 1.54) is 0 Å². The van der Waals surface area contributed by atoms with Crippen molar-refractivity contribution in [1.29, 1.82) is 0 Å². The van der Waals surface area contributed by atoms with E-state index in [9.17, 15) is 4.79 Å². The number of carbonyl (C=O) groups is 1. The highest BCUT2D eigenvalue weighted by molar-refractivity contribution is 5.95. The maximum Gasteiger partial charge on any atom is 0.254 e. The third-order valence-electron chi connectivity index (χ3n) is 6.41. The molecule has 1 atom stereocenters. The van der Waals surface area contributed by atoms with Crippen molar-refractivity contribution >= 4 is 11.7 Å². The van der Waals surface area contributed by atoms with E-state index in [-0.39, 0.29) is 11.8 Å². The van der Waals surface area contributed by atoms with Gasteiger partial charge in [0.05, 0.1) is 13.2 Å². The summed E-state index contributed by atoms with van der Waals surface area (Å²) in [7, 11) is 0. The second kappa shape index (κ2) is 10.2. The molecule has 1 aromatic carbocycles. The number of hydrogen-bond donors (Lipinski definition) is 0. The van der Waals surface area contributed by atoms with Gasteiger partial charge in [0.2, 0.25) is 5.88 Å². The molecule has 4 heterocycles. The van der Waals surface area contributed by atoms with Crippen LogP contribution in [0.4, 0.5) is 5.82 Å². The van der Waals surface area contributed by atoms with E-state index in [0.717, 1.165) is 55.3 Å². The Morgan fingerprint density at radius 2 is 1.85 bits per heavy atom. The van der Waals surface area contributed by atoms with Crippen LogP contribution in [0.15, 0.2) is 55.0 Å². The van der Waals surface area contributed by atoms with Crippen molar-refractivity contribution in [2.24, 2.45) is 0 Å². The maximum atomic E-state index is 13.4. The molecule has 3 aromatic rings. The number of rotatable bonds is 5. The van der Waals surface area contributed by atoms with E-state index >= 15 is 0 Å². The Bertz CT molecular complexity index is 1150.